The molecule has 1 heterocycles. The Morgan fingerprint density at radius 3 is 2.74 bits per heavy atom. The van der Waals surface area contributed by atoms with Gasteiger partial charge in [-0.05, 0) is 23.3 Å². The summed E-state index contributed by atoms with van der Waals surface area (Å²) >= 11 is 0. The smallest absolute Gasteiger partial charge is 0.220 e. The minimum absolute atomic E-state index is 0.0721. The minimum atomic E-state index is -0.444. The van der Waals surface area contributed by atoms with E-state index in [4.69, 9.17) is 5.73 Å². The van der Waals surface area contributed by atoms with Crippen LogP contribution in [0.4, 0.5) is 5.69 Å². The minimum Gasteiger partial charge on any atom is -0.398 e. The number of amides is 1. The summed E-state index contributed by atoms with van der Waals surface area (Å²) in [5, 5.41) is 4.52. The van der Waals surface area contributed by atoms with Crippen molar-refractivity contribution in [2.75, 3.05) is 5.73 Å². The summed E-state index contributed by atoms with van der Waals surface area (Å²) in [6.45, 7) is 0. The second-order valence-corrected chi connectivity index (χ2v) is 4.77. The predicted molar refractivity (Wildman–Crippen MR) is 73.9 cm³/mol. The first-order valence-electron chi connectivity index (χ1n) is 6.27. The zero-order valence-corrected chi connectivity index (χ0v) is 10.3. The number of hydrogen-bond acceptors (Lipinski definition) is 3. The van der Waals surface area contributed by atoms with Crippen molar-refractivity contribution in [3.63, 3.8) is 0 Å². The fraction of sp³-hybridized carbons (Fsp3) is 0.200. The van der Waals surface area contributed by atoms with E-state index >= 15 is 0 Å². The summed E-state index contributed by atoms with van der Waals surface area (Å²) in [5.41, 5.74) is 6.94. The van der Waals surface area contributed by atoms with Gasteiger partial charge in [-0.15, -0.1) is 0 Å². The van der Waals surface area contributed by atoms with Gasteiger partial charge in [0.2, 0.25) is 5.91 Å². The lowest BCUT2D eigenvalue weighted by Gasteiger charge is -2.13. The van der Waals surface area contributed by atoms with Gasteiger partial charge in [-0.25, -0.2) is 0 Å². The summed E-state index contributed by atoms with van der Waals surface area (Å²) in [5.74, 6) is -0.169. The quantitative estimate of drug-likeness (QED) is 0.635. The van der Waals surface area contributed by atoms with Crippen LogP contribution in [0, 0.1) is 0 Å². The Hall–Kier alpha value is -2.36. The van der Waals surface area contributed by atoms with Crippen LogP contribution >= 0.6 is 0 Å². The van der Waals surface area contributed by atoms with Gasteiger partial charge in [0.05, 0.1) is 11.6 Å². The number of nitrogens with one attached hydrogen (secondary N) is 1. The molecule has 4 nitrogen and oxygen atoms in total. The number of fused-ring (bicyclic) bond motifs is 1. The van der Waals surface area contributed by atoms with Gasteiger partial charge in [0.15, 0.2) is 5.78 Å². The standard InChI is InChI=1S/C15H14N2O2/c16-11-6-5-9-3-1-2-4-10(9)14(11)15(19)12-7-8-13(18)17-12/h1-6,12H,7-8,16H2,(H,17,18)/t12-/m0/s1. The molecule has 0 saturated carbocycles. The number of carbonyl (C=O) groups is 2. The van der Waals surface area contributed by atoms with Gasteiger partial charge in [0.1, 0.15) is 0 Å². The maximum atomic E-state index is 12.5. The van der Waals surface area contributed by atoms with Crippen molar-refractivity contribution in [3.8, 4) is 0 Å². The number of Topliss-reactive ketones (excluding diaryl/α,β-unsaturated/α-hetero) is 1. The van der Waals surface area contributed by atoms with E-state index in [1.807, 2.05) is 30.3 Å². The molecule has 0 spiro atoms. The summed E-state index contributed by atoms with van der Waals surface area (Å²) < 4.78 is 0. The van der Waals surface area contributed by atoms with E-state index in [1.165, 1.54) is 0 Å². The van der Waals surface area contributed by atoms with Crippen LogP contribution in [-0.2, 0) is 4.79 Å². The molecule has 1 aliphatic heterocycles. The van der Waals surface area contributed by atoms with E-state index in [2.05, 4.69) is 5.32 Å². The molecule has 0 bridgehead atoms. The van der Waals surface area contributed by atoms with Crippen molar-refractivity contribution in [1.29, 1.82) is 0 Å². The van der Waals surface area contributed by atoms with Gasteiger partial charge in [-0.1, -0.05) is 30.3 Å². The average molecular weight is 254 g/mol. The van der Waals surface area contributed by atoms with E-state index in [9.17, 15) is 9.59 Å². The van der Waals surface area contributed by atoms with Gasteiger partial charge < -0.3 is 11.1 Å². The summed E-state index contributed by atoms with van der Waals surface area (Å²) in [6, 6.07) is 10.8. The van der Waals surface area contributed by atoms with E-state index in [-0.39, 0.29) is 11.7 Å². The highest BCUT2D eigenvalue weighted by Crippen LogP contribution is 2.27. The number of benzene rings is 2. The summed E-state index contributed by atoms with van der Waals surface area (Å²) in [7, 11) is 0. The second-order valence-electron chi connectivity index (χ2n) is 4.77. The first-order chi connectivity index (χ1) is 9.16. The third-order valence-electron chi connectivity index (χ3n) is 3.52. The topological polar surface area (TPSA) is 72.2 Å². The number of nitrogens with two attached hydrogens (primary N) is 1. The predicted octanol–water partition coefficient (Wildman–Crippen LogP) is 1.88. The van der Waals surface area contributed by atoms with Crippen LogP contribution in [0.1, 0.15) is 23.2 Å². The lowest BCUT2D eigenvalue weighted by molar-refractivity contribution is -0.119. The number of carbonyl (C=O) groups excluding carboxylic acids is 2. The van der Waals surface area contributed by atoms with Gasteiger partial charge >= 0.3 is 0 Å². The maximum absolute atomic E-state index is 12.5. The molecule has 3 N–H and O–H groups in total. The van der Waals surface area contributed by atoms with Crippen LogP contribution in [0.2, 0.25) is 0 Å². The fourth-order valence-corrected chi connectivity index (χ4v) is 2.55. The molecule has 4 heteroatoms. The zero-order valence-electron chi connectivity index (χ0n) is 10.3. The van der Waals surface area contributed by atoms with E-state index < -0.39 is 6.04 Å². The largest absolute Gasteiger partial charge is 0.398 e. The molecule has 2 aromatic rings. The van der Waals surface area contributed by atoms with E-state index in [0.717, 1.165) is 10.8 Å². The highest BCUT2D eigenvalue weighted by Gasteiger charge is 2.29. The second kappa shape index (κ2) is 4.39. The molecule has 1 aliphatic rings. The third kappa shape index (κ3) is 1.95. The molecule has 1 saturated heterocycles. The molecule has 0 radical (unpaired) electrons. The number of nitrogen functional groups attached to an aromatic ring is 1. The lowest BCUT2D eigenvalue weighted by atomic mass is 9.95. The van der Waals surface area contributed by atoms with E-state index in [1.54, 1.807) is 6.07 Å². The van der Waals surface area contributed by atoms with Crippen LogP contribution in [0.25, 0.3) is 10.8 Å². The Kier molecular flexibility index (Phi) is 2.71. The Labute approximate surface area is 110 Å². The molecule has 0 unspecified atom stereocenters. The van der Waals surface area contributed by atoms with Gasteiger partial charge in [-0.2, -0.15) is 0 Å². The Balaban J connectivity index is 2.11. The van der Waals surface area contributed by atoms with Crippen LogP contribution < -0.4 is 11.1 Å². The molecule has 1 amide bonds. The lowest BCUT2D eigenvalue weighted by Crippen LogP contribution is -2.33. The first kappa shape index (κ1) is 11.7. The average Bonchev–Trinajstić information content (AvgIpc) is 2.85. The van der Waals surface area contributed by atoms with E-state index in [0.29, 0.717) is 24.1 Å². The molecule has 2 aromatic carbocycles. The molecule has 19 heavy (non-hydrogen) atoms. The highest BCUT2D eigenvalue weighted by atomic mass is 16.2. The van der Waals surface area contributed by atoms with Crippen molar-refractivity contribution in [3.05, 3.63) is 42.0 Å². The fourth-order valence-electron chi connectivity index (χ4n) is 2.55. The summed E-state index contributed by atoms with van der Waals surface area (Å²) in [6.07, 6.45) is 0.946. The zero-order chi connectivity index (χ0) is 13.4. The monoisotopic (exact) mass is 254 g/mol. The molecule has 1 fully saturated rings. The van der Waals surface area contributed by atoms with Crippen molar-refractivity contribution < 1.29 is 9.59 Å². The van der Waals surface area contributed by atoms with Crippen LogP contribution in [0.15, 0.2) is 36.4 Å². The maximum Gasteiger partial charge on any atom is 0.220 e. The van der Waals surface area contributed by atoms with Gasteiger partial charge in [0, 0.05) is 12.1 Å². The molecular weight excluding hydrogens is 240 g/mol. The molecular formula is C15H14N2O2. The van der Waals surface area contributed by atoms with Crippen LogP contribution in [0.5, 0.6) is 0 Å². The molecule has 0 aliphatic carbocycles. The molecule has 96 valence electrons. The number of anilines is 1. The number of rotatable bonds is 2. The number of hydrogen-bond donors (Lipinski definition) is 2. The SMILES string of the molecule is Nc1ccc2ccccc2c1C(=O)[C@@H]1CCC(=O)N1. The van der Waals surface area contributed by atoms with Gasteiger partial charge in [-0.3, -0.25) is 9.59 Å². The Bertz CT molecular complexity index is 679. The van der Waals surface area contributed by atoms with Crippen LogP contribution in [-0.4, -0.2) is 17.7 Å². The normalized spacial score (nSPS) is 18.5. The van der Waals surface area contributed by atoms with Crippen molar-refractivity contribution in [1.82, 2.24) is 5.32 Å². The summed E-state index contributed by atoms with van der Waals surface area (Å²) in [4.78, 5) is 23.8. The first-order valence-corrected chi connectivity index (χ1v) is 6.27. The molecule has 1 atom stereocenters. The van der Waals surface area contributed by atoms with Crippen molar-refractivity contribution in [2.24, 2.45) is 0 Å². The van der Waals surface area contributed by atoms with Crippen molar-refractivity contribution in [2.45, 2.75) is 18.9 Å². The molecule has 3 rings (SSSR count). The molecule has 0 aromatic heterocycles. The third-order valence-corrected chi connectivity index (χ3v) is 3.52. The van der Waals surface area contributed by atoms with Crippen LogP contribution in [0.3, 0.4) is 0 Å². The van der Waals surface area contributed by atoms with Gasteiger partial charge in [0.25, 0.3) is 0 Å². The highest BCUT2D eigenvalue weighted by molar-refractivity contribution is 6.15. The Morgan fingerprint density at radius 1 is 1.21 bits per heavy atom. The number of ketones is 1. The van der Waals surface area contributed by atoms with Crippen molar-refractivity contribution >= 4 is 28.2 Å². The Morgan fingerprint density at radius 2 is 2.00 bits per heavy atom.